The van der Waals surface area contributed by atoms with Gasteiger partial charge in [0.05, 0.1) is 17.8 Å². The van der Waals surface area contributed by atoms with Crippen molar-refractivity contribution in [3.63, 3.8) is 0 Å². The number of carbonyl (C=O) groups excluding carboxylic acids is 1. The molecule has 1 amide bonds. The highest BCUT2D eigenvalue weighted by Crippen LogP contribution is 2.29. The number of anilines is 1. The lowest BCUT2D eigenvalue weighted by molar-refractivity contribution is -0.135. The minimum Gasteiger partial charge on any atom is -0.391 e. The second-order valence-corrected chi connectivity index (χ2v) is 8.27. The quantitative estimate of drug-likeness (QED) is 0.691. The number of aromatic nitrogens is 4. The molecule has 8 heteroatoms. The number of fused-ring (bicyclic) bond motifs is 1. The normalized spacial score (nSPS) is 24.3. The largest absolute Gasteiger partial charge is 0.391 e. The zero-order chi connectivity index (χ0) is 20.5. The van der Waals surface area contributed by atoms with E-state index in [9.17, 15) is 9.90 Å². The average Bonchev–Trinajstić information content (AvgIpc) is 3.40. The van der Waals surface area contributed by atoms with Crippen LogP contribution in [0.3, 0.4) is 0 Å². The third-order valence-corrected chi connectivity index (χ3v) is 6.22. The minimum absolute atomic E-state index is 0.0658. The van der Waals surface area contributed by atoms with Crippen molar-refractivity contribution >= 4 is 22.8 Å². The van der Waals surface area contributed by atoms with Crippen molar-refractivity contribution < 1.29 is 9.90 Å². The Balaban J connectivity index is 1.22. The lowest BCUT2D eigenvalue weighted by Crippen LogP contribution is -2.38. The maximum atomic E-state index is 12.7. The monoisotopic (exact) mass is 406 g/mol. The highest BCUT2D eigenvalue weighted by Gasteiger charge is 2.32. The van der Waals surface area contributed by atoms with Crippen molar-refractivity contribution in [2.24, 2.45) is 5.92 Å². The van der Waals surface area contributed by atoms with E-state index in [1.807, 2.05) is 46.1 Å². The molecule has 8 nitrogen and oxygen atoms in total. The van der Waals surface area contributed by atoms with Crippen molar-refractivity contribution in [1.82, 2.24) is 24.6 Å². The maximum absolute atomic E-state index is 12.7. The van der Waals surface area contributed by atoms with Gasteiger partial charge in [0, 0.05) is 42.7 Å². The minimum atomic E-state index is -0.358. The Hall–Kier alpha value is -3.00. The predicted octanol–water partition coefficient (Wildman–Crippen LogP) is 2.38. The van der Waals surface area contributed by atoms with E-state index >= 15 is 0 Å². The Labute approximate surface area is 174 Å². The van der Waals surface area contributed by atoms with Gasteiger partial charge in [-0.25, -0.2) is 9.67 Å². The van der Waals surface area contributed by atoms with Crippen molar-refractivity contribution in [2.45, 2.75) is 44.2 Å². The summed E-state index contributed by atoms with van der Waals surface area (Å²) in [4.78, 5) is 23.5. The van der Waals surface area contributed by atoms with Crippen LogP contribution in [-0.2, 0) is 4.79 Å². The predicted molar refractivity (Wildman–Crippen MR) is 113 cm³/mol. The van der Waals surface area contributed by atoms with Gasteiger partial charge < -0.3 is 15.3 Å². The Morgan fingerprint density at radius 2 is 1.93 bits per heavy atom. The number of amides is 1. The fourth-order valence-electron chi connectivity index (χ4n) is 4.56. The van der Waals surface area contributed by atoms with E-state index in [1.54, 1.807) is 6.20 Å². The molecule has 1 saturated carbocycles. The Kier molecular flexibility index (Phi) is 5.08. The van der Waals surface area contributed by atoms with Gasteiger partial charge >= 0.3 is 0 Å². The summed E-state index contributed by atoms with van der Waals surface area (Å²) in [7, 11) is 0. The smallest absolute Gasteiger partial charge is 0.225 e. The van der Waals surface area contributed by atoms with Crippen LogP contribution in [0.4, 0.5) is 5.95 Å². The first-order chi connectivity index (χ1) is 14.7. The third-order valence-electron chi connectivity index (χ3n) is 6.22. The maximum Gasteiger partial charge on any atom is 0.225 e. The average molecular weight is 406 g/mol. The number of rotatable bonds is 4. The van der Waals surface area contributed by atoms with Gasteiger partial charge in [0.15, 0.2) is 5.82 Å². The Bertz CT molecular complexity index is 1040. The van der Waals surface area contributed by atoms with Crippen LogP contribution >= 0.6 is 0 Å². The molecular weight excluding hydrogens is 380 g/mol. The number of nitrogens with one attached hydrogen (secondary N) is 1. The van der Waals surface area contributed by atoms with Crippen LogP contribution in [0.5, 0.6) is 0 Å². The number of likely N-dealkylation sites (tertiary alicyclic amines) is 1. The van der Waals surface area contributed by atoms with Crippen LogP contribution < -0.4 is 5.32 Å². The zero-order valence-corrected chi connectivity index (χ0v) is 16.8. The van der Waals surface area contributed by atoms with E-state index in [-0.39, 0.29) is 24.0 Å². The van der Waals surface area contributed by atoms with Crippen molar-refractivity contribution in [3.05, 3.63) is 42.7 Å². The molecule has 30 heavy (non-hydrogen) atoms. The molecule has 156 valence electrons. The molecule has 2 N–H and O–H groups in total. The first-order valence-electron chi connectivity index (χ1n) is 10.7. The van der Waals surface area contributed by atoms with Gasteiger partial charge in [-0.15, -0.1) is 0 Å². The van der Waals surface area contributed by atoms with Crippen LogP contribution in [0.1, 0.15) is 32.1 Å². The van der Waals surface area contributed by atoms with Crippen LogP contribution in [0, 0.1) is 5.92 Å². The summed E-state index contributed by atoms with van der Waals surface area (Å²) in [5, 5.41) is 18.7. The van der Waals surface area contributed by atoms with Gasteiger partial charge in [0.2, 0.25) is 11.9 Å². The first kappa shape index (κ1) is 19.0. The fourth-order valence-corrected chi connectivity index (χ4v) is 4.56. The molecule has 0 unspecified atom stereocenters. The summed E-state index contributed by atoms with van der Waals surface area (Å²) in [5.74, 6) is 1.58. The molecular formula is C22H26N6O2. The number of hydrogen-bond acceptors (Lipinski definition) is 6. The molecule has 2 fully saturated rings. The molecule has 3 heterocycles. The molecule has 1 aliphatic carbocycles. The number of carbonyl (C=O) groups is 1. The van der Waals surface area contributed by atoms with Crippen LogP contribution in [0.25, 0.3) is 16.7 Å². The summed E-state index contributed by atoms with van der Waals surface area (Å²) in [6.45, 7) is 1.17. The van der Waals surface area contributed by atoms with Crippen molar-refractivity contribution in [2.75, 3.05) is 18.4 Å². The van der Waals surface area contributed by atoms with Gasteiger partial charge in [-0.1, -0.05) is 18.2 Å². The lowest BCUT2D eigenvalue weighted by atomic mass is 9.85. The fraction of sp³-hybridized carbons (Fsp3) is 0.455. The number of para-hydroxylation sites is 1. The SMILES string of the molecule is O=C([C@H]1CC[C@H](Nc2nccc(-n3ncc4ccccc43)n2)CC1)N1CC[C@@H](O)C1. The number of aliphatic hydroxyl groups is 1. The first-order valence-corrected chi connectivity index (χ1v) is 10.7. The molecule has 0 spiro atoms. The van der Waals surface area contributed by atoms with E-state index < -0.39 is 0 Å². The topological polar surface area (TPSA) is 96.2 Å². The lowest BCUT2D eigenvalue weighted by Gasteiger charge is -2.30. The van der Waals surface area contributed by atoms with E-state index in [0.29, 0.717) is 25.5 Å². The number of aliphatic hydroxyl groups excluding tert-OH is 1. The summed E-state index contributed by atoms with van der Waals surface area (Å²) in [5.41, 5.74) is 1.01. The second-order valence-electron chi connectivity index (χ2n) is 8.27. The molecule has 1 aliphatic heterocycles. The molecule has 1 saturated heterocycles. The van der Waals surface area contributed by atoms with Crippen LogP contribution in [0.2, 0.25) is 0 Å². The number of benzene rings is 1. The Morgan fingerprint density at radius 1 is 1.10 bits per heavy atom. The Morgan fingerprint density at radius 3 is 2.73 bits per heavy atom. The van der Waals surface area contributed by atoms with E-state index in [1.165, 1.54) is 0 Å². The molecule has 2 aromatic heterocycles. The van der Waals surface area contributed by atoms with Crippen molar-refractivity contribution in [1.29, 1.82) is 0 Å². The summed E-state index contributed by atoms with van der Waals surface area (Å²) < 4.78 is 1.82. The molecule has 0 bridgehead atoms. The standard InChI is InChI=1S/C22H26N6O2/c29-18-10-12-27(14-18)21(30)15-5-7-17(8-6-15)25-22-23-11-9-20(26-22)28-19-4-2-1-3-16(19)13-24-28/h1-4,9,11,13,15,17-18,29H,5-8,10,12,14H2,(H,23,25,26)/t15-,17-,18-/m1/s1. The highest BCUT2D eigenvalue weighted by atomic mass is 16.3. The molecule has 2 aliphatic rings. The second kappa shape index (κ2) is 8.02. The van der Waals surface area contributed by atoms with Crippen LogP contribution in [-0.4, -0.2) is 60.9 Å². The highest BCUT2D eigenvalue weighted by molar-refractivity contribution is 5.80. The van der Waals surface area contributed by atoms with E-state index in [2.05, 4.69) is 20.4 Å². The molecule has 1 atom stereocenters. The zero-order valence-electron chi connectivity index (χ0n) is 16.8. The summed E-state index contributed by atoms with van der Waals surface area (Å²) in [6.07, 6.45) is 7.44. The number of nitrogens with zero attached hydrogens (tertiary/aromatic N) is 5. The van der Waals surface area contributed by atoms with Crippen LogP contribution in [0.15, 0.2) is 42.7 Å². The van der Waals surface area contributed by atoms with E-state index in [4.69, 9.17) is 0 Å². The molecule has 5 rings (SSSR count). The molecule has 3 aromatic rings. The van der Waals surface area contributed by atoms with Gasteiger partial charge in [-0.05, 0) is 38.2 Å². The molecule has 0 radical (unpaired) electrons. The van der Waals surface area contributed by atoms with Gasteiger partial charge in [0.1, 0.15) is 0 Å². The van der Waals surface area contributed by atoms with E-state index in [0.717, 1.165) is 42.4 Å². The third kappa shape index (κ3) is 3.75. The number of β-amino-alcohol motifs (C(OH)–C–C–N with tert-alkyl or cyclic N) is 1. The number of hydrogen-bond donors (Lipinski definition) is 2. The summed E-state index contributed by atoms with van der Waals surface area (Å²) in [6, 6.07) is 10.1. The van der Waals surface area contributed by atoms with Crippen molar-refractivity contribution in [3.8, 4) is 5.82 Å². The van der Waals surface area contributed by atoms with Gasteiger partial charge in [0.25, 0.3) is 0 Å². The van der Waals surface area contributed by atoms with Gasteiger partial charge in [-0.2, -0.15) is 10.1 Å². The summed E-state index contributed by atoms with van der Waals surface area (Å²) >= 11 is 0. The van der Waals surface area contributed by atoms with Gasteiger partial charge in [-0.3, -0.25) is 4.79 Å². The molecule has 1 aromatic carbocycles.